The topological polar surface area (TPSA) is 99.6 Å². The molecule has 132 valence electrons. The lowest BCUT2D eigenvalue weighted by Gasteiger charge is -2.02. The van der Waals surface area contributed by atoms with Gasteiger partial charge in [0.2, 0.25) is 0 Å². The summed E-state index contributed by atoms with van der Waals surface area (Å²) in [5, 5.41) is 20.2. The number of phenolic OH excluding ortho intramolecular Hbond substituents is 1. The second-order valence-corrected chi connectivity index (χ2v) is 5.59. The van der Waals surface area contributed by atoms with Crippen LogP contribution in [0.2, 0.25) is 0 Å². The summed E-state index contributed by atoms with van der Waals surface area (Å²) in [6.07, 6.45) is 1.49. The van der Waals surface area contributed by atoms with Crippen LogP contribution in [0, 0.1) is 6.92 Å². The predicted octanol–water partition coefficient (Wildman–Crippen LogP) is 2.86. The molecule has 1 amide bonds. The molecule has 0 radical (unpaired) electrons. The quantitative estimate of drug-likeness (QED) is 0.487. The molecule has 26 heavy (non-hydrogen) atoms. The zero-order valence-electron chi connectivity index (χ0n) is 14.4. The number of nitrogens with zero attached hydrogens (tertiary/aromatic N) is 2. The van der Waals surface area contributed by atoms with Crippen molar-refractivity contribution >= 4 is 12.1 Å². The summed E-state index contributed by atoms with van der Waals surface area (Å²) in [7, 11) is 1.61. The first-order valence-corrected chi connectivity index (χ1v) is 7.90. The van der Waals surface area contributed by atoms with Crippen LogP contribution in [0.3, 0.4) is 0 Å². The summed E-state index contributed by atoms with van der Waals surface area (Å²) in [4.78, 5) is 12.3. The third-order valence-corrected chi connectivity index (χ3v) is 3.87. The van der Waals surface area contributed by atoms with E-state index in [0.29, 0.717) is 11.4 Å². The van der Waals surface area contributed by atoms with E-state index in [1.165, 1.54) is 6.21 Å². The number of aromatic nitrogens is 2. The number of phenols is 1. The van der Waals surface area contributed by atoms with Crippen LogP contribution in [0.15, 0.2) is 53.6 Å². The number of carbonyl (C=O) groups is 1. The Labute approximate surface area is 150 Å². The lowest BCUT2D eigenvalue weighted by molar-refractivity contribution is 0.0949. The molecule has 0 aliphatic heterocycles. The number of H-pyrrole nitrogens is 1. The second-order valence-electron chi connectivity index (χ2n) is 5.59. The number of hydrogen-bond acceptors (Lipinski definition) is 5. The van der Waals surface area contributed by atoms with E-state index >= 15 is 0 Å². The van der Waals surface area contributed by atoms with E-state index in [2.05, 4.69) is 20.7 Å². The zero-order chi connectivity index (χ0) is 18.5. The highest BCUT2D eigenvalue weighted by molar-refractivity contribution is 5.96. The Morgan fingerprint density at radius 2 is 1.88 bits per heavy atom. The van der Waals surface area contributed by atoms with E-state index < -0.39 is 0 Å². The molecular formula is C19H18N4O3. The summed E-state index contributed by atoms with van der Waals surface area (Å²) < 4.78 is 5.14. The average molecular weight is 350 g/mol. The van der Waals surface area contributed by atoms with Crippen LogP contribution in [0.25, 0.3) is 11.3 Å². The van der Waals surface area contributed by atoms with Gasteiger partial charge in [0.25, 0.3) is 5.91 Å². The van der Waals surface area contributed by atoms with Gasteiger partial charge in [-0.3, -0.25) is 9.89 Å². The number of methoxy groups -OCH3 is 1. The van der Waals surface area contributed by atoms with Crippen molar-refractivity contribution in [1.29, 1.82) is 0 Å². The average Bonchev–Trinajstić information content (AvgIpc) is 3.05. The number of rotatable bonds is 5. The van der Waals surface area contributed by atoms with Crippen molar-refractivity contribution in [3.8, 4) is 22.8 Å². The standard InChI is InChI=1S/C19H18N4O3/c1-12-17(14-5-9-16(26-2)10-6-14)21-22-18(12)19(25)23-20-11-13-3-7-15(24)8-4-13/h3-11,24H,1-2H3,(H,21,22)(H,23,25). The molecule has 0 saturated carbocycles. The highest BCUT2D eigenvalue weighted by Gasteiger charge is 2.16. The number of nitrogens with one attached hydrogen (secondary N) is 2. The minimum atomic E-state index is -0.384. The van der Waals surface area contributed by atoms with E-state index in [4.69, 9.17) is 4.74 Å². The lowest BCUT2D eigenvalue weighted by atomic mass is 10.1. The number of aromatic hydroxyl groups is 1. The van der Waals surface area contributed by atoms with Gasteiger partial charge < -0.3 is 9.84 Å². The van der Waals surface area contributed by atoms with Crippen LogP contribution in [-0.4, -0.2) is 34.5 Å². The van der Waals surface area contributed by atoms with E-state index in [-0.39, 0.29) is 11.7 Å². The maximum Gasteiger partial charge on any atom is 0.289 e. The number of aromatic amines is 1. The van der Waals surface area contributed by atoms with Crippen LogP contribution in [0.4, 0.5) is 0 Å². The van der Waals surface area contributed by atoms with Crippen LogP contribution < -0.4 is 10.2 Å². The third kappa shape index (κ3) is 3.72. The summed E-state index contributed by atoms with van der Waals surface area (Å²) in [5.41, 5.74) is 5.87. The molecule has 3 rings (SSSR count). The molecule has 1 aromatic heterocycles. The molecule has 0 saturated heterocycles. The Morgan fingerprint density at radius 3 is 2.54 bits per heavy atom. The van der Waals surface area contributed by atoms with Crippen molar-refractivity contribution in [3.63, 3.8) is 0 Å². The molecule has 0 atom stereocenters. The Kier molecular flexibility index (Phi) is 4.98. The summed E-state index contributed by atoms with van der Waals surface area (Å²) >= 11 is 0. The molecule has 0 unspecified atom stereocenters. The largest absolute Gasteiger partial charge is 0.508 e. The molecule has 0 spiro atoms. The molecule has 3 N–H and O–H groups in total. The zero-order valence-corrected chi connectivity index (χ0v) is 14.4. The predicted molar refractivity (Wildman–Crippen MR) is 98.5 cm³/mol. The van der Waals surface area contributed by atoms with Gasteiger partial charge in [0.05, 0.1) is 19.0 Å². The van der Waals surface area contributed by atoms with Gasteiger partial charge in [-0.2, -0.15) is 10.2 Å². The fraction of sp³-hybridized carbons (Fsp3) is 0.105. The minimum Gasteiger partial charge on any atom is -0.508 e. The number of hydrogen-bond donors (Lipinski definition) is 3. The fourth-order valence-corrected chi connectivity index (χ4v) is 2.43. The Morgan fingerprint density at radius 1 is 1.19 bits per heavy atom. The van der Waals surface area contributed by atoms with Crippen molar-refractivity contribution in [2.24, 2.45) is 5.10 Å². The Bertz CT molecular complexity index is 928. The molecule has 7 heteroatoms. The number of carbonyl (C=O) groups excluding carboxylic acids is 1. The minimum absolute atomic E-state index is 0.172. The van der Waals surface area contributed by atoms with Gasteiger partial charge in [-0.05, 0) is 61.0 Å². The van der Waals surface area contributed by atoms with E-state index in [1.54, 1.807) is 31.4 Å². The van der Waals surface area contributed by atoms with Crippen LogP contribution >= 0.6 is 0 Å². The summed E-state index contributed by atoms with van der Waals surface area (Å²) in [6.45, 7) is 1.82. The van der Waals surface area contributed by atoms with Crippen molar-refractivity contribution in [2.75, 3.05) is 7.11 Å². The summed E-state index contributed by atoms with van der Waals surface area (Å²) in [5.74, 6) is 0.540. The second kappa shape index (κ2) is 7.52. The van der Waals surface area contributed by atoms with Gasteiger partial charge in [-0.15, -0.1) is 0 Å². The van der Waals surface area contributed by atoms with Gasteiger partial charge in [-0.1, -0.05) is 0 Å². The van der Waals surface area contributed by atoms with Crippen molar-refractivity contribution in [2.45, 2.75) is 6.92 Å². The maximum atomic E-state index is 12.3. The first-order chi connectivity index (χ1) is 12.6. The molecule has 0 aliphatic carbocycles. The van der Waals surface area contributed by atoms with Gasteiger partial charge in [0, 0.05) is 11.1 Å². The molecule has 3 aromatic rings. The molecule has 1 heterocycles. The molecule has 7 nitrogen and oxygen atoms in total. The SMILES string of the molecule is COc1ccc(-c2n[nH]c(C(=O)NN=Cc3ccc(O)cc3)c2C)cc1. The first kappa shape index (κ1) is 17.2. The molecule has 0 bridgehead atoms. The normalized spacial score (nSPS) is 10.8. The van der Waals surface area contributed by atoms with Crippen molar-refractivity contribution < 1.29 is 14.6 Å². The molecular weight excluding hydrogens is 332 g/mol. The Balaban J connectivity index is 1.72. The maximum absolute atomic E-state index is 12.3. The number of hydrazone groups is 1. The van der Waals surface area contributed by atoms with E-state index in [0.717, 1.165) is 22.4 Å². The van der Waals surface area contributed by atoms with Gasteiger partial charge >= 0.3 is 0 Å². The van der Waals surface area contributed by atoms with Crippen molar-refractivity contribution in [1.82, 2.24) is 15.6 Å². The number of benzene rings is 2. The van der Waals surface area contributed by atoms with Crippen LogP contribution in [0.5, 0.6) is 11.5 Å². The monoisotopic (exact) mass is 350 g/mol. The Hall–Kier alpha value is -3.61. The van der Waals surface area contributed by atoms with Crippen LogP contribution in [-0.2, 0) is 0 Å². The number of ether oxygens (including phenoxy) is 1. The van der Waals surface area contributed by atoms with Gasteiger partial charge in [-0.25, -0.2) is 5.43 Å². The first-order valence-electron chi connectivity index (χ1n) is 7.90. The highest BCUT2D eigenvalue weighted by Crippen LogP contribution is 2.25. The third-order valence-electron chi connectivity index (χ3n) is 3.87. The molecule has 0 fully saturated rings. The molecule has 2 aromatic carbocycles. The molecule has 0 aliphatic rings. The fourth-order valence-electron chi connectivity index (χ4n) is 2.43. The van der Waals surface area contributed by atoms with Crippen molar-refractivity contribution in [3.05, 3.63) is 65.4 Å². The highest BCUT2D eigenvalue weighted by atomic mass is 16.5. The van der Waals surface area contributed by atoms with Gasteiger partial charge in [0.15, 0.2) is 0 Å². The summed E-state index contributed by atoms with van der Waals surface area (Å²) in [6, 6.07) is 13.9. The van der Waals surface area contributed by atoms with Crippen LogP contribution in [0.1, 0.15) is 21.6 Å². The smallest absolute Gasteiger partial charge is 0.289 e. The lowest BCUT2D eigenvalue weighted by Crippen LogP contribution is -2.19. The van der Waals surface area contributed by atoms with E-state index in [1.807, 2.05) is 31.2 Å². The van der Waals surface area contributed by atoms with Gasteiger partial charge in [0.1, 0.15) is 17.2 Å². The van der Waals surface area contributed by atoms with E-state index in [9.17, 15) is 9.90 Å². The number of amides is 1.